The SMILES string of the molecule is C.CC1(C)C(CC(=O)/C(=N\OCCOc2ccc(C(N)=NCC(=O)O)cc2)c2csc(N)n2)C(=O)N1OS(=O)(=O)O.S. The van der Waals surface area contributed by atoms with E-state index in [2.05, 4.69) is 19.4 Å². The summed E-state index contributed by atoms with van der Waals surface area (Å²) in [6.45, 7) is 2.43. The Labute approximate surface area is 252 Å². The number of carboxylic acid groups (broad SMARTS) is 1. The molecular weight excluding hydrogens is 616 g/mol. The molecule has 232 valence electrons. The summed E-state index contributed by atoms with van der Waals surface area (Å²) in [6.07, 6.45) is -0.376. The maximum Gasteiger partial charge on any atom is 0.418 e. The maximum atomic E-state index is 13.1. The Morgan fingerprint density at radius 3 is 2.38 bits per heavy atom. The van der Waals surface area contributed by atoms with Gasteiger partial charge in [0.15, 0.2) is 23.2 Å². The van der Waals surface area contributed by atoms with Crippen LogP contribution in [-0.4, -0.2) is 82.6 Å². The van der Waals surface area contributed by atoms with Gasteiger partial charge in [-0.05, 0) is 38.1 Å². The number of aliphatic carboxylic acids is 1. The number of hydroxylamine groups is 2. The highest BCUT2D eigenvalue weighted by Crippen LogP contribution is 2.40. The van der Waals surface area contributed by atoms with E-state index in [0.717, 1.165) is 11.3 Å². The van der Waals surface area contributed by atoms with Crippen LogP contribution in [-0.2, 0) is 33.9 Å². The minimum Gasteiger partial charge on any atom is -0.490 e. The lowest BCUT2D eigenvalue weighted by Gasteiger charge is -2.50. The Morgan fingerprint density at radius 2 is 1.86 bits per heavy atom. The number of amidine groups is 1. The second-order valence-electron chi connectivity index (χ2n) is 8.78. The van der Waals surface area contributed by atoms with Crippen molar-refractivity contribution in [1.29, 1.82) is 0 Å². The van der Waals surface area contributed by atoms with Crippen molar-refractivity contribution >= 4 is 69.6 Å². The molecule has 3 rings (SSSR count). The van der Waals surface area contributed by atoms with Crippen molar-refractivity contribution in [2.45, 2.75) is 33.2 Å². The van der Waals surface area contributed by atoms with Gasteiger partial charge in [0.05, 0.1) is 11.5 Å². The largest absolute Gasteiger partial charge is 0.490 e. The number of aliphatic imine (C=N–C) groups is 1. The van der Waals surface area contributed by atoms with Crippen LogP contribution in [0, 0.1) is 5.92 Å². The summed E-state index contributed by atoms with van der Waals surface area (Å²) in [5, 5.41) is 14.7. The summed E-state index contributed by atoms with van der Waals surface area (Å²) in [5.41, 5.74) is 10.6. The highest BCUT2D eigenvalue weighted by atomic mass is 32.3. The standard InChI is InChI=1S/C22H26N6O10S2.CH4.H2S/c1-22(2)14(20(32)28(22)38-40(33,34)35)9-16(29)18(15-11-39-21(24)26-15)27-37-8-7-36-13-5-3-12(4-6-13)19(23)25-10-17(30)31;;/h3-6,11,14H,7-10H2,1-2H3,(H2,23,25)(H2,24,26)(H,30,31)(H,33,34,35);1H4;1H2/b27-18-;;. The lowest BCUT2D eigenvalue weighted by atomic mass is 9.74. The number of anilines is 1. The quantitative estimate of drug-likeness (QED) is 0.0558. The van der Waals surface area contributed by atoms with Crippen molar-refractivity contribution in [3.05, 3.63) is 40.9 Å². The van der Waals surface area contributed by atoms with Crippen LogP contribution in [0.4, 0.5) is 5.13 Å². The van der Waals surface area contributed by atoms with E-state index in [-0.39, 0.29) is 62.9 Å². The Balaban J connectivity index is 0.00000441. The molecule has 1 fully saturated rings. The lowest BCUT2D eigenvalue weighted by Crippen LogP contribution is -2.68. The van der Waals surface area contributed by atoms with E-state index in [1.807, 2.05) is 0 Å². The van der Waals surface area contributed by atoms with Gasteiger partial charge in [0.2, 0.25) is 0 Å². The maximum absolute atomic E-state index is 13.1. The van der Waals surface area contributed by atoms with E-state index < -0.39 is 46.1 Å². The van der Waals surface area contributed by atoms with Crippen LogP contribution in [0.3, 0.4) is 0 Å². The molecule has 1 unspecified atom stereocenters. The fraction of sp³-hybridized carbons (Fsp3) is 0.391. The Bertz CT molecular complexity index is 1440. The van der Waals surface area contributed by atoms with Crippen LogP contribution in [0.1, 0.15) is 39.0 Å². The number of ketones is 1. The van der Waals surface area contributed by atoms with Crippen molar-refractivity contribution in [2.75, 3.05) is 25.5 Å². The van der Waals surface area contributed by atoms with Crippen molar-refractivity contribution in [1.82, 2.24) is 10.0 Å². The summed E-state index contributed by atoms with van der Waals surface area (Å²) < 4.78 is 40.8. The third kappa shape index (κ3) is 9.38. The summed E-state index contributed by atoms with van der Waals surface area (Å²) in [7, 11) is -4.93. The van der Waals surface area contributed by atoms with E-state index in [1.165, 1.54) is 19.2 Å². The number of nitrogens with zero attached hydrogens (tertiary/aromatic N) is 4. The number of β-lactam (4-membered cyclic amide) rings is 1. The zero-order valence-electron chi connectivity index (χ0n) is 21.7. The summed E-state index contributed by atoms with van der Waals surface area (Å²) >= 11 is 1.06. The molecule has 6 N–H and O–H groups in total. The molecule has 1 aromatic carbocycles. The van der Waals surface area contributed by atoms with Crippen LogP contribution in [0.2, 0.25) is 0 Å². The first kappa shape index (κ1) is 36.2. The molecule has 1 aliphatic heterocycles. The predicted molar refractivity (Wildman–Crippen MR) is 158 cm³/mol. The molecular formula is C23H32N6O10S3. The van der Waals surface area contributed by atoms with Gasteiger partial charge in [-0.3, -0.25) is 23.9 Å². The van der Waals surface area contributed by atoms with E-state index in [9.17, 15) is 22.8 Å². The molecule has 1 atom stereocenters. The molecule has 16 nitrogen and oxygen atoms in total. The average Bonchev–Trinajstić information content (AvgIpc) is 3.31. The Hall–Kier alpha value is -3.78. The predicted octanol–water partition coefficient (Wildman–Crippen LogP) is 0.994. The third-order valence-electron chi connectivity index (χ3n) is 5.60. The zero-order chi connectivity index (χ0) is 29.7. The highest BCUT2D eigenvalue weighted by molar-refractivity contribution is 7.80. The number of rotatable bonds is 14. The molecule has 19 heteroatoms. The lowest BCUT2D eigenvalue weighted by molar-refractivity contribution is -0.228. The number of carbonyl (C=O) groups excluding carboxylic acids is 2. The molecule has 1 amide bonds. The first-order chi connectivity index (χ1) is 18.7. The number of aromatic nitrogens is 1. The fourth-order valence-electron chi connectivity index (χ4n) is 3.56. The van der Waals surface area contributed by atoms with Crippen LogP contribution < -0.4 is 16.2 Å². The van der Waals surface area contributed by atoms with Gasteiger partial charge in [0, 0.05) is 17.4 Å². The molecule has 42 heavy (non-hydrogen) atoms. The van der Waals surface area contributed by atoms with Crippen LogP contribution in [0.25, 0.3) is 0 Å². The summed E-state index contributed by atoms with van der Waals surface area (Å²) in [4.78, 5) is 49.1. The fourth-order valence-corrected chi connectivity index (χ4v) is 4.56. The van der Waals surface area contributed by atoms with Crippen LogP contribution in [0.5, 0.6) is 5.75 Å². The number of carbonyl (C=O) groups is 3. The van der Waals surface area contributed by atoms with Gasteiger partial charge in [-0.2, -0.15) is 27.0 Å². The van der Waals surface area contributed by atoms with Gasteiger partial charge in [-0.15, -0.1) is 15.6 Å². The number of amides is 1. The summed E-state index contributed by atoms with van der Waals surface area (Å²) in [6, 6.07) is 6.40. The second kappa shape index (κ2) is 14.9. The molecule has 2 aromatic rings. The van der Waals surface area contributed by atoms with Crippen molar-refractivity contribution in [3.63, 3.8) is 0 Å². The number of hydrogen-bond acceptors (Lipinski definition) is 13. The molecule has 0 saturated carbocycles. The van der Waals surface area contributed by atoms with Gasteiger partial charge in [0.25, 0.3) is 5.91 Å². The first-order valence-corrected chi connectivity index (χ1v) is 13.6. The number of oxime groups is 1. The smallest absolute Gasteiger partial charge is 0.418 e. The number of ether oxygens (including phenoxy) is 1. The van der Waals surface area contributed by atoms with E-state index in [1.54, 1.807) is 24.3 Å². The molecule has 1 aromatic heterocycles. The molecule has 2 heterocycles. The zero-order valence-corrected chi connectivity index (χ0v) is 24.3. The number of Topliss-reactive ketones (excluding diaryl/α,β-unsaturated/α-hetero) is 1. The number of carboxylic acids is 1. The molecule has 0 spiro atoms. The molecule has 0 bridgehead atoms. The number of hydrogen-bond donors (Lipinski definition) is 4. The number of nitrogen functional groups attached to an aromatic ring is 1. The van der Waals surface area contributed by atoms with E-state index in [0.29, 0.717) is 16.4 Å². The van der Waals surface area contributed by atoms with Gasteiger partial charge >= 0.3 is 16.4 Å². The third-order valence-corrected chi connectivity index (χ3v) is 6.61. The normalized spacial score (nSPS) is 16.5. The molecule has 0 radical (unpaired) electrons. The monoisotopic (exact) mass is 648 g/mol. The van der Waals surface area contributed by atoms with Gasteiger partial charge in [-0.1, -0.05) is 12.6 Å². The topological polar surface area (TPSA) is 246 Å². The highest BCUT2D eigenvalue weighted by Gasteiger charge is 2.57. The Kier molecular flexibility index (Phi) is 12.9. The minimum atomic E-state index is -4.93. The van der Waals surface area contributed by atoms with Crippen LogP contribution in [0.15, 0.2) is 39.8 Å². The van der Waals surface area contributed by atoms with E-state index >= 15 is 0 Å². The van der Waals surface area contributed by atoms with Crippen LogP contribution >= 0.6 is 24.8 Å². The number of nitrogens with two attached hydrogens (primary N) is 2. The van der Waals surface area contributed by atoms with Crippen molar-refractivity contribution in [3.8, 4) is 5.75 Å². The van der Waals surface area contributed by atoms with Crippen molar-refractivity contribution in [2.24, 2.45) is 21.8 Å². The van der Waals surface area contributed by atoms with Gasteiger partial charge in [-0.25, -0.2) is 4.98 Å². The minimum absolute atomic E-state index is 0. The summed E-state index contributed by atoms with van der Waals surface area (Å²) in [5.74, 6) is -3.00. The average molecular weight is 649 g/mol. The number of benzene rings is 1. The van der Waals surface area contributed by atoms with E-state index in [4.69, 9.17) is 30.7 Å². The van der Waals surface area contributed by atoms with Crippen molar-refractivity contribution < 1.29 is 46.3 Å². The molecule has 1 saturated heterocycles. The van der Waals surface area contributed by atoms with Gasteiger partial charge in [0.1, 0.15) is 30.4 Å². The second-order valence-corrected chi connectivity index (χ2v) is 10.7. The molecule has 0 aliphatic carbocycles. The van der Waals surface area contributed by atoms with Gasteiger partial charge < -0.3 is 26.1 Å². The Morgan fingerprint density at radius 1 is 1.21 bits per heavy atom. The first-order valence-electron chi connectivity index (χ1n) is 11.4. The molecule has 1 aliphatic rings. The number of thiazole rings is 1.